The average Bonchev–Trinajstić information content (AvgIpc) is 2.64. The van der Waals surface area contributed by atoms with Gasteiger partial charge in [0, 0.05) is 5.57 Å². The standard InChI is InChI=1S/C15H18O2/c1-3-4-8-12-11-15(2,17-14(12)16)13-9-6-5-7-10-13/h5-7,9-11H,3-4,8H2,1-2H3/t15-/m1/s1. The van der Waals surface area contributed by atoms with E-state index in [0.717, 1.165) is 30.4 Å². The van der Waals surface area contributed by atoms with Crippen molar-refractivity contribution in [2.45, 2.75) is 38.7 Å². The molecule has 0 spiro atoms. The molecule has 1 aliphatic rings. The zero-order chi connectivity index (χ0) is 12.3. The first kappa shape index (κ1) is 11.9. The van der Waals surface area contributed by atoms with Crippen molar-refractivity contribution in [1.29, 1.82) is 0 Å². The van der Waals surface area contributed by atoms with E-state index in [1.807, 2.05) is 43.3 Å². The lowest BCUT2D eigenvalue weighted by molar-refractivity contribution is -0.146. The molecule has 2 rings (SSSR count). The fraction of sp³-hybridized carbons (Fsp3) is 0.400. The average molecular weight is 230 g/mol. The van der Waals surface area contributed by atoms with E-state index in [1.165, 1.54) is 0 Å². The summed E-state index contributed by atoms with van der Waals surface area (Å²) in [6, 6.07) is 9.88. The highest BCUT2D eigenvalue weighted by atomic mass is 16.6. The number of rotatable bonds is 4. The molecule has 0 saturated carbocycles. The van der Waals surface area contributed by atoms with Crippen molar-refractivity contribution < 1.29 is 9.53 Å². The predicted molar refractivity (Wildman–Crippen MR) is 67.5 cm³/mol. The van der Waals surface area contributed by atoms with E-state index >= 15 is 0 Å². The molecule has 0 aromatic heterocycles. The SMILES string of the molecule is CCCCC1=C[C@](C)(c2ccccc2)OC1=O. The van der Waals surface area contributed by atoms with E-state index < -0.39 is 5.60 Å². The van der Waals surface area contributed by atoms with Gasteiger partial charge in [-0.25, -0.2) is 4.79 Å². The second kappa shape index (κ2) is 4.74. The lowest BCUT2D eigenvalue weighted by Crippen LogP contribution is -2.20. The van der Waals surface area contributed by atoms with Gasteiger partial charge < -0.3 is 4.74 Å². The fourth-order valence-corrected chi connectivity index (χ4v) is 2.13. The van der Waals surface area contributed by atoms with Crippen molar-refractivity contribution in [3.63, 3.8) is 0 Å². The first-order valence-electron chi connectivity index (χ1n) is 6.16. The molecule has 90 valence electrons. The minimum atomic E-state index is -0.582. The van der Waals surface area contributed by atoms with Crippen molar-refractivity contribution in [1.82, 2.24) is 0 Å². The first-order chi connectivity index (χ1) is 8.15. The Morgan fingerprint density at radius 1 is 1.24 bits per heavy atom. The van der Waals surface area contributed by atoms with Crippen LogP contribution in [-0.4, -0.2) is 5.97 Å². The second-order valence-electron chi connectivity index (χ2n) is 4.64. The number of carbonyl (C=O) groups excluding carboxylic acids is 1. The highest BCUT2D eigenvalue weighted by Gasteiger charge is 2.36. The van der Waals surface area contributed by atoms with Gasteiger partial charge in [-0.1, -0.05) is 43.7 Å². The zero-order valence-electron chi connectivity index (χ0n) is 10.4. The van der Waals surface area contributed by atoms with Gasteiger partial charge in [-0.2, -0.15) is 0 Å². The molecule has 0 saturated heterocycles. The third-order valence-electron chi connectivity index (χ3n) is 3.16. The van der Waals surface area contributed by atoms with Crippen LogP contribution in [0.4, 0.5) is 0 Å². The molecule has 17 heavy (non-hydrogen) atoms. The maximum atomic E-state index is 11.8. The van der Waals surface area contributed by atoms with Gasteiger partial charge in [0.15, 0.2) is 5.60 Å². The molecule has 0 radical (unpaired) electrons. The number of hydrogen-bond donors (Lipinski definition) is 0. The largest absolute Gasteiger partial charge is 0.447 e. The Kier molecular flexibility index (Phi) is 3.32. The molecule has 1 aromatic rings. The lowest BCUT2D eigenvalue weighted by Gasteiger charge is -2.21. The van der Waals surface area contributed by atoms with Crippen LogP contribution in [0.3, 0.4) is 0 Å². The Bertz CT molecular complexity index is 433. The summed E-state index contributed by atoms with van der Waals surface area (Å²) >= 11 is 0. The summed E-state index contributed by atoms with van der Waals surface area (Å²) in [7, 11) is 0. The molecule has 0 unspecified atom stereocenters. The molecule has 1 aliphatic heterocycles. The van der Waals surface area contributed by atoms with Crippen LogP contribution in [0.25, 0.3) is 0 Å². The van der Waals surface area contributed by atoms with Crippen LogP contribution in [0.15, 0.2) is 42.0 Å². The number of esters is 1. The third kappa shape index (κ3) is 2.41. The quantitative estimate of drug-likeness (QED) is 0.739. The van der Waals surface area contributed by atoms with Crippen LogP contribution in [0.5, 0.6) is 0 Å². The fourth-order valence-electron chi connectivity index (χ4n) is 2.13. The summed E-state index contributed by atoms with van der Waals surface area (Å²) in [4.78, 5) is 11.8. The lowest BCUT2D eigenvalue weighted by atomic mass is 9.94. The van der Waals surface area contributed by atoms with E-state index in [1.54, 1.807) is 0 Å². The van der Waals surface area contributed by atoms with Crippen LogP contribution in [-0.2, 0) is 15.1 Å². The van der Waals surface area contributed by atoms with E-state index in [-0.39, 0.29) is 5.97 Å². The zero-order valence-corrected chi connectivity index (χ0v) is 10.4. The summed E-state index contributed by atoms with van der Waals surface area (Å²) < 4.78 is 5.51. The Balaban J connectivity index is 2.23. The molecule has 0 amide bonds. The number of ether oxygens (including phenoxy) is 1. The molecule has 0 fully saturated rings. The van der Waals surface area contributed by atoms with E-state index in [4.69, 9.17) is 4.74 Å². The van der Waals surface area contributed by atoms with Crippen LogP contribution >= 0.6 is 0 Å². The van der Waals surface area contributed by atoms with Crippen molar-refractivity contribution in [3.05, 3.63) is 47.5 Å². The maximum absolute atomic E-state index is 11.8. The summed E-state index contributed by atoms with van der Waals surface area (Å²) in [6.45, 7) is 4.07. The highest BCUT2D eigenvalue weighted by Crippen LogP contribution is 2.35. The summed E-state index contributed by atoms with van der Waals surface area (Å²) in [5, 5.41) is 0. The van der Waals surface area contributed by atoms with E-state index in [9.17, 15) is 4.79 Å². The van der Waals surface area contributed by atoms with Crippen molar-refractivity contribution in [3.8, 4) is 0 Å². The molecule has 1 heterocycles. The van der Waals surface area contributed by atoms with Gasteiger partial charge in [-0.05, 0) is 31.4 Å². The van der Waals surface area contributed by atoms with E-state index in [2.05, 4.69) is 6.92 Å². The van der Waals surface area contributed by atoms with Gasteiger partial charge in [0.25, 0.3) is 0 Å². The minimum Gasteiger partial charge on any atom is -0.447 e. The van der Waals surface area contributed by atoms with Crippen LogP contribution < -0.4 is 0 Å². The van der Waals surface area contributed by atoms with Crippen molar-refractivity contribution in [2.24, 2.45) is 0 Å². The van der Waals surface area contributed by atoms with E-state index in [0.29, 0.717) is 0 Å². The Labute approximate surface area is 102 Å². The highest BCUT2D eigenvalue weighted by molar-refractivity contribution is 5.91. The normalized spacial score (nSPS) is 23.4. The van der Waals surface area contributed by atoms with Gasteiger partial charge in [-0.15, -0.1) is 0 Å². The summed E-state index contributed by atoms with van der Waals surface area (Å²) in [5.74, 6) is -0.162. The Morgan fingerprint density at radius 3 is 2.59 bits per heavy atom. The van der Waals surface area contributed by atoms with Crippen LogP contribution in [0.2, 0.25) is 0 Å². The molecular formula is C15H18O2. The molecular weight excluding hydrogens is 212 g/mol. The van der Waals surface area contributed by atoms with Gasteiger partial charge in [-0.3, -0.25) is 0 Å². The molecule has 0 bridgehead atoms. The minimum absolute atomic E-state index is 0.162. The molecule has 1 aromatic carbocycles. The molecule has 1 atom stereocenters. The van der Waals surface area contributed by atoms with Gasteiger partial charge in [0.05, 0.1) is 0 Å². The summed E-state index contributed by atoms with van der Waals surface area (Å²) in [6.07, 6.45) is 4.91. The summed E-state index contributed by atoms with van der Waals surface area (Å²) in [5.41, 5.74) is 1.26. The topological polar surface area (TPSA) is 26.3 Å². The Morgan fingerprint density at radius 2 is 1.94 bits per heavy atom. The number of hydrogen-bond acceptors (Lipinski definition) is 2. The predicted octanol–water partition coefficient (Wildman–Crippen LogP) is 3.58. The van der Waals surface area contributed by atoms with Gasteiger partial charge in [0.1, 0.15) is 0 Å². The Hall–Kier alpha value is -1.57. The third-order valence-corrected chi connectivity index (χ3v) is 3.16. The second-order valence-corrected chi connectivity index (χ2v) is 4.64. The van der Waals surface area contributed by atoms with Crippen LogP contribution in [0.1, 0.15) is 38.7 Å². The number of benzene rings is 1. The smallest absolute Gasteiger partial charge is 0.335 e. The van der Waals surface area contributed by atoms with Gasteiger partial charge in [0.2, 0.25) is 0 Å². The first-order valence-corrected chi connectivity index (χ1v) is 6.16. The van der Waals surface area contributed by atoms with Gasteiger partial charge >= 0.3 is 5.97 Å². The number of cyclic esters (lactones) is 1. The maximum Gasteiger partial charge on any atom is 0.335 e. The van der Waals surface area contributed by atoms with Crippen molar-refractivity contribution >= 4 is 5.97 Å². The van der Waals surface area contributed by atoms with Crippen molar-refractivity contribution in [2.75, 3.05) is 0 Å². The molecule has 0 N–H and O–H groups in total. The number of unbranched alkanes of at least 4 members (excludes halogenated alkanes) is 1. The van der Waals surface area contributed by atoms with Crippen LogP contribution in [0, 0.1) is 0 Å². The molecule has 2 nitrogen and oxygen atoms in total. The number of carbonyl (C=O) groups is 1. The molecule has 0 aliphatic carbocycles. The monoisotopic (exact) mass is 230 g/mol. The molecule has 2 heteroatoms.